The molecule has 0 unspecified atom stereocenters. The second-order valence-electron chi connectivity index (χ2n) is 4.67. The number of hydrogen-bond donors (Lipinski definition) is 0. The van der Waals surface area contributed by atoms with Gasteiger partial charge in [0.1, 0.15) is 0 Å². The van der Waals surface area contributed by atoms with Gasteiger partial charge in [0.25, 0.3) is 0 Å². The third kappa shape index (κ3) is 5.50. The van der Waals surface area contributed by atoms with Crippen molar-refractivity contribution in [1.29, 1.82) is 0 Å². The average Bonchev–Trinajstić information content (AvgIpc) is 2.18. The van der Waals surface area contributed by atoms with Crippen LogP contribution < -0.4 is 0 Å². The first kappa shape index (κ1) is 14.9. The summed E-state index contributed by atoms with van der Waals surface area (Å²) in [7, 11) is 0. The summed E-state index contributed by atoms with van der Waals surface area (Å²) in [6, 6.07) is 0. The summed E-state index contributed by atoms with van der Waals surface area (Å²) < 4.78 is 12.8. The molecule has 0 aromatic carbocycles. The predicted molar refractivity (Wildman–Crippen MR) is 65.5 cm³/mol. The van der Waals surface area contributed by atoms with Crippen molar-refractivity contribution in [2.75, 3.05) is 13.1 Å². The van der Waals surface area contributed by atoms with Crippen LogP contribution in [0.25, 0.3) is 0 Å². The van der Waals surface area contributed by atoms with Gasteiger partial charge in [-0.3, -0.25) is 0 Å². The largest absolute Gasteiger partial charge is 0.147 e. The van der Waals surface area contributed by atoms with Gasteiger partial charge in [0.15, 0.2) is 0 Å². The van der Waals surface area contributed by atoms with Crippen molar-refractivity contribution < 1.29 is 4.48 Å². The highest BCUT2D eigenvalue weighted by Gasteiger charge is 2.34. The van der Waals surface area contributed by atoms with Crippen LogP contribution in [0, 0.1) is 5.41 Å². The maximum atomic E-state index is 12.8. The number of nitrogens with zero attached hydrogens (tertiary/aromatic N) is 1. The van der Waals surface area contributed by atoms with Crippen LogP contribution in [0.4, 0.5) is 4.48 Å². The molecule has 2 heteroatoms. The van der Waals surface area contributed by atoms with Crippen molar-refractivity contribution in [3.05, 3.63) is 0 Å². The summed E-state index contributed by atoms with van der Waals surface area (Å²) in [6.45, 7) is 9.50. The Morgan fingerprint density at radius 2 is 1.67 bits per heavy atom. The van der Waals surface area contributed by atoms with Crippen LogP contribution in [-0.4, -0.2) is 18.2 Å². The van der Waals surface area contributed by atoms with Gasteiger partial charge < -0.3 is 0 Å². The molecule has 92 valence electrons. The van der Waals surface area contributed by atoms with E-state index in [-0.39, 0.29) is 0 Å². The molecule has 0 radical (unpaired) electrons. The van der Waals surface area contributed by atoms with E-state index in [2.05, 4.69) is 20.8 Å². The molecule has 0 aliphatic heterocycles. The Morgan fingerprint density at radius 1 is 1.13 bits per heavy atom. The van der Waals surface area contributed by atoms with Crippen LogP contribution >= 0.6 is 0 Å². The molecule has 15 heavy (non-hydrogen) atoms. The van der Waals surface area contributed by atoms with Gasteiger partial charge >= 0.3 is 0 Å². The van der Waals surface area contributed by atoms with Crippen LogP contribution in [0.1, 0.15) is 66.2 Å². The zero-order valence-electron chi connectivity index (χ0n) is 11.0. The summed E-state index contributed by atoms with van der Waals surface area (Å²) in [6.07, 6.45) is 7.52. The highest BCUT2D eigenvalue weighted by molar-refractivity contribution is 4.86. The van der Waals surface area contributed by atoms with Gasteiger partial charge in [-0.2, -0.15) is 0 Å². The Hall–Kier alpha value is -0.110. The smallest absolute Gasteiger partial charge is 0.0295 e. The van der Waals surface area contributed by atoms with Crippen LogP contribution in [0.2, 0.25) is 0 Å². The molecule has 1 aliphatic carbocycles. The maximum Gasteiger partial charge on any atom is 0.0295 e. The number of hydrogen-bond acceptors (Lipinski definition) is 1. The summed E-state index contributed by atoms with van der Waals surface area (Å²) in [5.74, 6) is 0. The summed E-state index contributed by atoms with van der Waals surface area (Å²) >= 11 is 0. The van der Waals surface area contributed by atoms with Crippen molar-refractivity contribution in [1.82, 2.24) is 5.12 Å². The lowest BCUT2D eigenvalue weighted by molar-refractivity contribution is -0.000452. The molecular weight excluding hydrogens is 189 g/mol. The van der Waals surface area contributed by atoms with Gasteiger partial charge in [0.05, 0.1) is 0 Å². The molecule has 1 rings (SSSR count). The molecule has 0 amide bonds. The van der Waals surface area contributed by atoms with Crippen molar-refractivity contribution in [3.8, 4) is 0 Å². The minimum atomic E-state index is 0.513. The van der Waals surface area contributed by atoms with Gasteiger partial charge in [0, 0.05) is 13.1 Å². The molecule has 1 aliphatic rings. The predicted octanol–water partition coefficient (Wildman–Crippen LogP) is 4.58. The Balaban J connectivity index is 0.000000583. The van der Waals surface area contributed by atoms with E-state index in [0.717, 1.165) is 11.5 Å². The number of rotatable bonds is 5. The second-order valence-corrected chi connectivity index (χ2v) is 4.67. The molecule has 0 N–H and O–H groups in total. The normalized spacial score (nSPS) is 18.0. The molecule has 0 bridgehead atoms. The van der Waals surface area contributed by atoms with E-state index in [1.54, 1.807) is 0 Å². The monoisotopic (exact) mass is 217 g/mol. The van der Waals surface area contributed by atoms with Crippen molar-refractivity contribution in [3.63, 3.8) is 0 Å². The fraction of sp³-hybridized carbons (Fsp3) is 1.00. The van der Waals surface area contributed by atoms with Gasteiger partial charge in [0.2, 0.25) is 0 Å². The van der Waals surface area contributed by atoms with E-state index in [4.69, 9.17) is 0 Å². The molecule has 0 aromatic heterocycles. The first-order chi connectivity index (χ1) is 7.14. The van der Waals surface area contributed by atoms with E-state index in [9.17, 15) is 4.48 Å². The summed E-state index contributed by atoms with van der Waals surface area (Å²) in [4.78, 5) is 0. The van der Waals surface area contributed by atoms with Gasteiger partial charge in [-0.05, 0) is 31.6 Å². The molecule has 1 nitrogen and oxygen atoms in total. The topological polar surface area (TPSA) is 3.24 Å². The fourth-order valence-corrected chi connectivity index (χ4v) is 1.97. The van der Waals surface area contributed by atoms with E-state index in [0.29, 0.717) is 18.5 Å². The van der Waals surface area contributed by atoms with E-state index in [1.165, 1.54) is 32.1 Å². The molecule has 0 atom stereocenters. The molecule has 0 saturated heterocycles. The van der Waals surface area contributed by atoms with E-state index >= 15 is 0 Å². The Labute approximate surface area is 95.0 Å². The van der Waals surface area contributed by atoms with Crippen molar-refractivity contribution in [2.24, 2.45) is 5.41 Å². The van der Waals surface area contributed by atoms with E-state index < -0.39 is 0 Å². The second kappa shape index (κ2) is 8.09. The van der Waals surface area contributed by atoms with Crippen molar-refractivity contribution >= 4 is 0 Å². The molecule has 0 heterocycles. The lowest BCUT2D eigenvalue weighted by Crippen LogP contribution is -2.32. The molecular formula is C13H28FN. The van der Waals surface area contributed by atoms with Gasteiger partial charge in [-0.25, -0.2) is 0 Å². The standard InChI is InChI=1S/C10H20FN.C3H8/c1-3-10(6-5-7-10)8-9-12(11)4-2;1-3-2/h3-9H2,1-2H3;3H2,1-2H3. The third-order valence-corrected chi connectivity index (χ3v) is 3.39. The number of halogens is 1. The first-order valence-corrected chi connectivity index (χ1v) is 6.54. The van der Waals surface area contributed by atoms with Crippen LogP contribution in [0.3, 0.4) is 0 Å². The minimum absolute atomic E-state index is 0.513. The van der Waals surface area contributed by atoms with Crippen LogP contribution in [-0.2, 0) is 0 Å². The maximum absolute atomic E-state index is 12.8. The zero-order valence-corrected chi connectivity index (χ0v) is 11.0. The Bertz CT molecular complexity index is 138. The Kier molecular flexibility index (Phi) is 8.03. The molecule has 0 aromatic rings. The first-order valence-electron chi connectivity index (χ1n) is 6.54. The van der Waals surface area contributed by atoms with Gasteiger partial charge in [-0.15, -0.1) is 9.60 Å². The molecule has 1 fully saturated rings. The highest BCUT2D eigenvalue weighted by Crippen LogP contribution is 2.46. The van der Waals surface area contributed by atoms with Crippen molar-refractivity contribution in [2.45, 2.75) is 66.2 Å². The lowest BCUT2D eigenvalue weighted by Gasteiger charge is -2.41. The lowest BCUT2D eigenvalue weighted by atomic mass is 9.65. The SMILES string of the molecule is CCC.CCN(F)CCC1(CC)CCC1. The van der Waals surface area contributed by atoms with Gasteiger partial charge in [-0.1, -0.05) is 40.0 Å². The average molecular weight is 217 g/mol. The Morgan fingerprint density at radius 3 is 1.93 bits per heavy atom. The quantitative estimate of drug-likeness (QED) is 0.609. The fourth-order valence-electron chi connectivity index (χ4n) is 1.97. The molecule has 1 saturated carbocycles. The highest BCUT2D eigenvalue weighted by atomic mass is 19.2. The third-order valence-electron chi connectivity index (χ3n) is 3.39. The van der Waals surface area contributed by atoms with E-state index in [1.807, 2.05) is 6.92 Å². The zero-order chi connectivity index (χ0) is 11.7. The van der Waals surface area contributed by atoms with Crippen LogP contribution in [0.5, 0.6) is 0 Å². The van der Waals surface area contributed by atoms with Crippen LogP contribution in [0.15, 0.2) is 0 Å². The molecule has 0 spiro atoms. The summed E-state index contributed by atoms with van der Waals surface area (Å²) in [5, 5.41) is 0.926. The summed E-state index contributed by atoms with van der Waals surface area (Å²) in [5.41, 5.74) is 0.513. The minimum Gasteiger partial charge on any atom is -0.147 e.